The summed E-state index contributed by atoms with van der Waals surface area (Å²) in [4.78, 5) is 8.16. The molecule has 5 rings (SSSR count). The van der Waals surface area contributed by atoms with Crippen LogP contribution in [0.15, 0.2) is 5.03 Å². The zero-order chi connectivity index (χ0) is 19.0. The number of aromatic nitrogens is 2. The van der Waals surface area contributed by atoms with Gasteiger partial charge in [-0.2, -0.15) is 0 Å². The molecule has 0 aromatic carbocycles. The van der Waals surface area contributed by atoms with Crippen molar-refractivity contribution >= 4 is 24.0 Å². The number of rotatable bonds is 1. The van der Waals surface area contributed by atoms with Crippen LogP contribution in [-0.2, 0) is 11.8 Å². The number of hydrogen-bond donors (Lipinski definition) is 2. The number of thioether (sulfide) groups is 1. The van der Waals surface area contributed by atoms with E-state index < -0.39 is 0 Å². The van der Waals surface area contributed by atoms with Crippen molar-refractivity contribution in [3.05, 3.63) is 16.0 Å². The van der Waals surface area contributed by atoms with E-state index in [0.29, 0.717) is 10.2 Å². The van der Waals surface area contributed by atoms with Crippen LogP contribution < -0.4 is 0 Å². The van der Waals surface area contributed by atoms with Crippen LogP contribution in [0.5, 0.6) is 0 Å². The lowest BCUT2D eigenvalue weighted by molar-refractivity contribution is -0.111. The van der Waals surface area contributed by atoms with Gasteiger partial charge in [0.05, 0.1) is 6.10 Å². The number of aromatic amines is 1. The molecule has 0 bridgehead atoms. The fourth-order valence-electron chi connectivity index (χ4n) is 7.79. The Kier molecular flexibility index (Phi) is 4.35. The summed E-state index contributed by atoms with van der Waals surface area (Å²) in [6, 6.07) is 0. The Hall–Kier alpha value is -0.390. The Bertz CT molecular complexity index is 823. The Labute approximate surface area is 172 Å². The highest BCUT2D eigenvalue weighted by atomic mass is 32.2. The van der Waals surface area contributed by atoms with E-state index in [9.17, 15) is 5.11 Å². The second-order valence-corrected chi connectivity index (χ2v) is 11.3. The van der Waals surface area contributed by atoms with Crippen molar-refractivity contribution in [1.82, 2.24) is 9.97 Å². The molecule has 0 amide bonds. The molecule has 7 atom stereocenters. The van der Waals surface area contributed by atoms with Gasteiger partial charge >= 0.3 is 0 Å². The lowest BCUT2D eigenvalue weighted by Crippen LogP contribution is -2.54. The zero-order valence-electron chi connectivity index (χ0n) is 16.8. The van der Waals surface area contributed by atoms with Gasteiger partial charge in [0.25, 0.3) is 0 Å². The van der Waals surface area contributed by atoms with Crippen LogP contribution in [0.4, 0.5) is 0 Å². The van der Waals surface area contributed by atoms with Gasteiger partial charge in [0.2, 0.25) is 0 Å². The summed E-state index contributed by atoms with van der Waals surface area (Å²) >= 11 is 7.22. The van der Waals surface area contributed by atoms with Gasteiger partial charge in [-0.05, 0) is 98.9 Å². The van der Waals surface area contributed by atoms with E-state index in [1.807, 2.05) is 0 Å². The molecule has 2 N–H and O–H groups in total. The van der Waals surface area contributed by atoms with Crippen LogP contribution in [0.1, 0.15) is 70.1 Å². The monoisotopic (exact) mass is 404 g/mol. The van der Waals surface area contributed by atoms with Crippen LogP contribution in [0.3, 0.4) is 0 Å². The van der Waals surface area contributed by atoms with Gasteiger partial charge in [0, 0.05) is 16.7 Å². The number of fused-ring (bicyclic) bond motifs is 7. The van der Waals surface area contributed by atoms with Crippen LogP contribution in [0, 0.1) is 33.9 Å². The van der Waals surface area contributed by atoms with Crippen molar-refractivity contribution < 1.29 is 5.11 Å². The predicted octanol–water partition coefficient (Wildman–Crippen LogP) is 5.28. The van der Waals surface area contributed by atoms with Crippen LogP contribution in [-0.4, -0.2) is 27.4 Å². The first-order valence-corrected chi connectivity index (χ1v) is 12.4. The molecule has 1 heterocycles. The molecular formula is C22H32N2OS2. The molecule has 0 unspecified atom stereocenters. The first-order chi connectivity index (χ1) is 12.9. The zero-order valence-corrected chi connectivity index (χ0v) is 18.4. The molecular weight excluding hydrogens is 372 g/mol. The Balaban J connectivity index is 1.53. The van der Waals surface area contributed by atoms with E-state index in [4.69, 9.17) is 12.2 Å². The average Bonchev–Trinajstić information content (AvgIpc) is 2.94. The smallest absolute Gasteiger partial charge is 0.198 e. The molecule has 0 radical (unpaired) electrons. The van der Waals surface area contributed by atoms with Crippen LogP contribution >= 0.6 is 24.0 Å². The van der Waals surface area contributed by atoms with E-state index in [-0.39, 0.29) is 11.5 Å². The molecule has 5 heteroatoms. The van der Waals surface area contributed by atoms with E-state index in [0.717, 1.165) is 41.5 Å². The summed E-state index contributed by atoms with van der Waals surface area (Å²) < 4.78 is 0.652. The topological polar surface area (TPSA) is 48.9 Å². The van der Waals surface area contributed by atoms with E-state index in [1.165, 1.54) is 49.8 Å². The third kappa shape index (κ3) is 2.56. The number of H-pyrrole nitrogens is 1. The van der Waals surface area contributed by atoms with Crippen molar-refractivity contribution in [3.63, 3.8) is 0 Å². The summed E-state index contributed by atoms with van der Waals surface area (Å²) in [5.41, 5.74) is 3.53. The summed E-state index contributed by atoms with van der Waals surface area (Å²) in [6.45, 7) is 5.06. The van der Waals surface area contributed by atoms with Crippen LogP contribution in [0.2, 0.25) is 0 Å². The lowest BCUT2D eigenvalue weighted by atomic mass is 9.45. The highest BCUT2D eigenvalue weighted by Crippen LogP contribution is 2.65. The van der Waals surface area contributed by atoms with Gasteiger partial charge in [0.15, 0.2) is 4.77 Å². The number of aliphatic hydroxyl groups excluding tert-OH is 1. The van der Waals surface area contributed by atoms with Gasteiger partial charge in [-0.15, -0.1) is 11.8 Å². The number of hydrogen-bond acceptors (Lipinski definition) is 4. The number of nitrogens with one attached hydrogen (secondary N) is 1. The average molecular weight is 405 g/mol. The molecule has 3 fully saturated rings. The standard InChI is InChI=1S/C22H32N2OS2/c1-21-8-6-13(25)10-12(21)4-5-14-16(21)7-9-22(2)17(14)11-15-18(22)23-20(26)24-19(15)27-3/h12-14,16-17,25H,4-11H2,1-3H3,(H,23,24,26)/t12-,13-,14+,16-,17-,21-,22-/m0/s1. The quantitative estimate of drug-likeness (QED) is 0.380. The van der Waals surface area contributed by atoms with Crippen molar-refractivity contribution in [2.24, 2.45) is 29.1 Å². The third-order valence-electron chi connectivity index (χ3n) is 9.21. The lowest BCUT2D eigenvalue weighted by Gasteiger charge is -2.60. The molecule has 4 aliphatic rings. The first kappa shape index (κ1) is 18.6. The summed E-state index contributed by atoms with van der Waals surface area (Å²) in [5.74, 6) is 3.08. The van der Waals surface area contributed by atoms with Gasteiger partial charge < -0.3 is 10.1 Å². The first-order valence-electron chi connectivity index (χ1n) is 10.7. The SMILES string of the molecule is CSc1nc(=S)[nH]c2c1C[C@H]1[C@@H]3CC[C@H]4C[C@@H](O)CC[C@]4(C)[C@H]3CC[C@]21C. The molecule has 27 heavy (non-hydrogen) atoms. The van der Waals surface area contributed by atoms with Gasteiger partial charge in [-0.1, -0.05) is 13.8 Å². The number of aliphatic hydroxyl groups is 1. The minimum absolute atomic E-state index is 0.0560. The Morgan fingerprint density at radius 1 is 1.15 bits per heavy atom. The summed E-state index contributed by atoms with van der Waals surface area (Å²) in [6.07, 6.45) is 11.8. The third-order valence-corrected chi connectivity index (χ3v) is 10.1. The second kappa shape index (κ2) is 6.30. The maximum absolute atomic E-state index is 10.2. The van der Waals surface area contributed by atoms with Crippen molar-refractivity contribution in [1.29, 1.82) is 0 Å². The van der Waals surface area contributed by atoms with Crippen molar-refractivity contribution in [3.8, 4) is 0 Å². The second-order valence-electron chi connectivity index (χ2n) is 10.2. The molecule has 1 aromatic rings. The van der Waals surface area contributed by atoms with Gasteiger partial charge in [0.1, 0.15) is 5.03 Å². The maximum atomic E-state index is 10.2. The highest BCUT2D eigenvalue weighted by Gasteiger charge is 2.59. The molecule has 0 saturated heterocycles. The van der Waals surface area contributed by atoms with Gasteiger partial charge in [-0.3, -0.25) is 0 Å². The molecule has 0 aliphatic heterocycles. The number of nitrogens with zero attached hydrogens (tertiary/aromatic N) is 1. The molecule has 0 spiro atoms. The molecule has 148 valence electrons. The normalized spacial score (nSPS) is 45.6. The van der Waals surface area contributed by atoms with E-state index >= 15 is 0 Å². The fraction of sp³-hybridized carbons (Fsp3) is 0.818. The maximum Gasteiger partial charge on any atom is 0.198 e. The predicted molar refractivity (Wildman–Crippen MR) is 113 cm³/mol. The molecule has 3 nitrogen and oxygen atoms in total. The van der Waals surface area contributed by atoms with Crippen molar-refractivity contribution in [2.75, 3.05) is 6.26 Å². The molecule has 3 saturated carbocycles. The molecule has 4 aliphatic carbocycles. The highest BCUT2D eigenvalue weighted by molar-refractivity contribution is 7.98. The minimum Gasteiger partial charge on any atom is -0.393 e. The van der Waals surface area contributed by atoms with Crippen molar-refractivity contribution in [2.45, 2.75) is 81.8 Å². The largest absolute Gasteiger partial charge is 0.393 e. The summed E-state index contributed by atoms with van der Waals surface area (Å²) in [5, 5.41) is 11.4. The molecule has 1 aromatic heterocycles. The van der Waals surface area contributed by atoms with Crippen LogP contribution in [0.25, 0.3) is 0 Å². The van der Waals surface area contributed by atoms with E-state index in [2.05, 4.69) is 30.1 Å². The Morgan fingerprint density at radius 2 is 1.96 bits per heavy atom. The minimum atomic E-state index is -0.0560. The van der Waals surface area contributed by atoms with Gasteiger partial charge in [-0.25, -0.2) is 4.98 Å². The summed E-state index contributed by atoms with van der Waals surface area (Å²) in [7, 11) is 0. The van der Waals surface area contributed by atoms with E-state index in [1.54, 1.807) is 11.8 Å². The fourth-order valence-corrected chi connectivity index (χ4v) is 8.65. The Morgan fingerprint density at radius 3 is 2.74 bits per heavy atom.